The van der Waals surface area contributed by atoms with Gasteiger partial charge in [0, 0.05) is 5.75 Å². The van der Waals surface area contributed by atoms with Gasteiger partial charge in [0.2, 0.25) is 11.8 Å². The minimum absolute atomic E-state index is 0.0133. The van der Waals surface area contributed by atoms with Crippen molar-refractivity contribution >= 4 is 23.6 Å². The first-order valence-electron chi connectivity index (χ1n) is 3.86. The van der Waals surface area contributed by atoms with E-state index in [9.17, 15) is 9.59 Å². The van der Waals surface area contributed by atoms with Gasteiger partial charge in [0.1, 0.15) is 6.04 Å². The molecule has 1 heterocycles. The predicted molar refractivity (Wildman–Crippen MR) is 47.7 cm³/mol. The van der Waals surface area contributed by atoms with Crippen LogP contribution < -0.4 is 11.1 Å². The number of hydrogen-bond donors (Lipinski definition) is 2. The van der Waals surface area contributed by atoms with Crippen molar-refractivity contribution in [3.8, 4) is 0 Å². The van der Waals surface area contributed by atoms with Crippen molar-refractivity contribution in [1.82, 2.24) is 5.32 Å². The Morgan fingerprint density at radius 1 is 1.83 bits per heavy atom. The Labute approximate surface area is 75.3 Å². The summed E-state index contributed by atoms with van der Waals surface area (Å²) in [4.78, 5) is 21.9. The predicted octanol–water partition coefficient (Wildman–Crippen LogP) is -0.518. The van der Waals surface area contributed by atoms with Gasteiger partial charge in [-0.3, -0.25) is 9.59 Å². The largest absolute Gasteiger partial charge is 0.368 e. The van der Waals surface area contributed by atoms with Gasteiger partial charge < -0.3 is 11.1 Å². The van der Waals surface area contributed by atoms with Crippen LogP contribution in [0, 0.1) is 0 Å². The van der Waals surface area contributed by atoms with E-state index in [-0.39, 0.29) is 11.2 Å². The maximum absolute atomic E-state index is 11.2. The molecule has 1 rings (SSSR count). The minimum Gasteiger partial charge on any atom is -0.368 e. The number of thioether (sulfide) groups is 1. The van der Waals surface area contributed by atoms with Crippen LogP contribution in [0.25, 0.3) is 0 Å². The molecule has 12 heavy (non-hydrogen) atoms. The smallest absolute Gasteiger partial charge is 0.240 e. The second-order valence-corrected chi connectivity index (χ2v) is 3.93. The number of rotatable bonds is 2. The van der Waals surface area contributed by atoms with Crippen LogP contribution in [0.1, 0.15) is 13.3 Å². The summed E-state index contributed by atoms with van der Waals surface area (Å²) >= 11 is 1.49. The monoisotopic (exact) mass is 188 g/mol. The lowest BCUT2D eigenvalue weighted by molar-refractivity contribution is -0.127. The SMILES string of the molecule is CCC1SCC(C(N)=O)NC1=O. The molecular formula is C7H12N2O2S. The Morgan fingerprint density at radius 3 is 2.92 bits per heavy atom. The van der Waals surface area contributed by atoms with Gasteiger partial charge in [-0.05, 0) is 6.42 Å². The third-order valence-electron chi connectivity index (χ3n) is 1.79. The Kier molecular flexibility index (Phi) is 2.97. The van der Waals surface area contributed by atoms with Crippen molar-refractivity contribution in [3.63, 3.8) is 0 Å². The van der Waals surface area contributed by atoms with Crippen molar-refractivity contribution in [2.24, 2.45) is 5.73 Å². The topological polar surface area (TPSA) is 72.2 Å². The number of carbonyl (C=O) groups excluding carboxylic acids is 2. The molecule has 0 spiro atoms. The number of primary amides is 1. The second kappa shape index (κ2) is 3.80. The average Bonchev–Trinajstić information content (AvgIpc) is 2.04. The summed E-state index contributed by atoms with van der Waals surface area (Å²) in [5.74, 6) is 0.0718. The van der Waals surface area contributed by atoms with E-state index in [0.29, 0.717) is 5.75 Å². The van der Waals surface area contributed by atoms with Gasteiger partial charge >= 0.3 is 0 Å². The van der Waals surface area contributed by atoms with Gasteiger partial charge in [-0.1, -0.05) is 6.92 Å². The summed E-state index contributed by atoms with van der Waals surface area (Å²) < 4.78 is 0. The number of carbonyl (C=O) groups is 2. The zero-order valence-corrected chi connectivity index (χ0v) is 7.69. The summed E-state index contributed by atoms with van der Waals surface area (Å²) in [5.41, 5.74) is 5.05. The van der Waals surface area contributed by atoms with Crippen LogP contribution in [0.2, 0.25) is 0 Å². The lowest BCUT2D eigenvalue weighted by Crippen LogP contribution is -2.52. The normalized spacial score (nSPS) is 29.6. The number of hydrogen-bond acceptors (Lipinski definition) is 3. The molecular weight excluding hydrogens is 176 g/mol. The van der Waals surface area contributed by atoms with E-state index in [1.54, 1.807) is 0 Å². The highest BCUT2D eigenvalue weighted by Crippen LogP contribution is 2.20. The highest BCUT2D eigenvalue weighted by Gasteiger charge is 2.29. The zero-order chi connectivity index (χ0) is 9.14. The van der Waals surface area contributed by atoms with Gasteiger partial charge in [-0.15, -0.1) is 11.8 Å². The molecule has 0 saturated carbocycles. The van der Waals surface area contributed by atoms with Crippen LogP contribution in [-0.2, 0) is 9.59 Å². The molecule has 0 aromatic rings. The molecule has 0 bridgehead atoms. The fraction of sp³-hybridized carbons (Fsp3) is 0.714. The van der Waals surface area contributed by atoms with Crippen molar-refractivity contribution < 1.29 is 9.59 Å². The maximum atomic E-state index is 11.2. The first-order chi connectivity index (χ1) is 5.65. The molecule has 4 nitrogen and oxygen atoms in total. The summed E-state index contributed by atoms with van der Waals surface area (Å²) in [6, 6.07) is -0.481. The van der Waals surface area contributed by atoms with Crippen LogP contribution in [0.5, 0.6) is 0 Å². The Hall–Kier alpha value is -0.710. The summed E-state index contributed by atoms with van der Waals surface area (Å²) in [7, 11) is 0. The molecule has 2 atom stereocenters. The number of nitrogens with one attached hydrogen (secondary N) is 1. The molecule has 1 aliphatic rings. The molecule has 0 aromatic carbocycles. The molecule has 1 aliphatic heterocycles. The molecule has 1 fully saturated rings. The van der Waals surface area contributed by atoms with Gasteiger partial charge in [0.15, 0.2) is 0 Å². The minimum atomic E-state index is -0.481. The Balaban J connectivity index is 2.52. The second-order valence-electron chi connectivity index (χ2n) is 2.69. The third kappa shape index (κ3) is 1.91. The van der Waals surface area contributed by atoms with Crippen LogP contribution in [0.3, 0.4) is 0 Å². The fourth-order valence-corrected chi connectivity index (χ4v) is 2.18. The van der Waals surface area contributed by atoms with E-state index in [2.05, 4.69) is 5.32 Å². The molecule has 3 N–H and O–H groups in total. The Morgan fingerprint density at radius 2 is 2.50 bits per heavy atom. The van der Waals surface area contributed by atoms with Gasteiger partial charge in [-0.2, -0.15) is 0 Å². The average molecular weight is 188 g/mol. The first kappa shape index (κ1) is 9.38. The van der Waals surface area contributed by atoms with Gasteiger partial charge in [-0.25, -0.2) is 0 Å². The highest BCUT2D eigenvalue weighted by atomic mass is 32.2. The lowest BCUT2D eigenvalue weighted by Gasteiger charge is -2.25. The number of nitrogens with two attached hydrogens (primary N) is 1. The van der Waals surface area contributed by atoms with E-state index in [1.165, 1.54) is 11.8 Å². The molecule has 1 saturated heterocycles. The van der Waals surface area contributed by atoms with Crippen LogP contribution in [0.4, 0.5) is 0 Å². The quantitative estimate of drug-likeness (QED) is 0.612. The first-order valence-corrected chi connectivity index (χ1v) is 4.91. The van der Waals surface area contributed by atoms with E-state index in [4.69, 9.17) is 5.73 Å². The summed E-state index contributed by atoms with van der Waals surface area (Å²) in [5, 5.41) is 2.57. The standard InChI is InChI=1S/C7H12N2O2S/c1-2-5-7(11)9-4(3-12-5)6(8)10/h4-5H,2-3H2,1H3,(H2,8,10)(H,9,11). The van der Waals surface area contributed by atoms with Gasteiger partial charge in [0.25, 0.3) is 0 Å². The van der Waals surface area contributed by atoms with Crippen LogP contribution in [-0.4, -0.2) is 28.9 Å². The van der Waals surface area contributed by atoms with Crippen molar-refractivity contribution in [3.05, 3.63) is 0 Å². The fourth-order valence-electron chi connectivity index (χ4n) is 1.05. The van der Waals surface area contributed by atoms with Crippen molar-refractivity contribution in [2.75, 3.05) is 5.75 Å². The van der Waals surface area contributed by atoms with Gasteiger partial charge in [0.05, 0.1) is 5.25 Å². The van der Waals surface area contributed by atoms with Crippen molar-refractivity contribution in [2.45, 2.75) is 24.6 Å². The molecule has 2 unspecified atom stereocenters. The molecule has 0 aliphatic carbocycles. The van der Waals surface area contributed by atoms with E-state index < -0.39 is 11.9 Å². The summed E-state index contributed by atoms with van der Waals surface area (Å²) in [6.07, 6.45) is 0.794. The van der Waals surface area contributed by atoms with E-state index in [0.717, 1.165) is 6.42 Å². The van der Waals surface area contributed by atoms with Crippen molar-refractivity contribution in [1.29, 1.82) is 0 Å². The Bertz CT molecular complexity index is 208. The van der Waals surface area contributed by atoms with E-state index >= 15 is 0 Å². The zero-order valence-electron chi connectivity index (χ0n) is 6.87. The molecule has 0 aromatic heterocycles. The third-order valence-corrected chi connectivity index (χ3v) is 3.26. The molecule has 68 valence electrons. The molecule has 2 amide bonds. The highest BCUT2D eigenvalue weighted by molar-refractivity contribution is 8.00. The summed E-state index contributed by atoms with van der Waals surface area (Å²) in [6.45, 7) is 1.95. The van der Waals surface area contributed by atoms with Crippen LogP contribution >= 0.6 is 11.8 Å². The van der Waals surface area contributed by atoms with E-state index in [1.807, 2.05) is 6.92 Å². The number of amides is 2. The van der Waals surface area contributed by atoms with Crippen LogP contribution in [0.15, 0.2) is 0 Å². The lowest BCUT2D eigenvalue weighted by atomic mass is 10.2. The maximum Gasteiger partial charge on any atom is 0.240 e. The molecule has 0 radical (unpaired) electrons. The molecule has 5 heteroatoms.